The zero-order chi connectivity index (χ0) is 14.5. The molecule has 0 saturated carbocycles. The van der Waals surface area contributed by atoms with Crippen LogP contribution in [0.5, 0.6) is 0 Å². The highest BCUT2D eigenvalue weighted by Crippen LogP contribution is 2.30. The first-order valence-electron chi connectivity index (χ1n) is 7.60. The lowest BCUT2D eigenvalue weighted by Gasteiger charge is -2.31. The third-order valence-corrected chi connectivity index (χ3v) is 4.51. The van der Waals surface area contributed by atoms with Gasteiger partial charge < -0.3 is 5.32 Å². The van der Waals surface area contributed by atoms with Crippen molar-refractivity contribution >= 4 is 15.9 Å². The highest BCUT2D eigenvalue weighted by molar-refractivity contribution is 9.10. The van der Waals surface area contributed by atoms with Crippen molar-refractivity contribution in [2.24, 2.45) is 0 Å². The second-order valence-corrected chi connectivity index (χ2v) is 6.42. The van der Waals surface area contributed by atoms with Gasteiger partial charge in [0.1, 0.15) is 0 Å². The fourth-order valence-corrected chi connectivity index (χ4v) is 3.47. The average Bonchev–Trinajstić information content (AvgIpc) is 2.78. The Morgan fingerprint density at radius 3 is 2.52 bits per heavy atom. The molecule has 0 bridgehead atoms. The number of nitrogens with one attached hydrogen (secondary N) is 1. The maximum atomic E-state index is 3.61. The molecule has 2 aromatic carbocycles. The number of halogens is 1. The standard InChI is InChI=1S/C18H21BrN2/c19-17-9-4-8-16(14-17)18(15-6-2-1-3-7-15)21-12-5-10-20-11-13-21/h1-4,6-9,14,18,20H,5,10-13H2. The maximum Gasteiger partial charge on any atom is 0.0602 e. The van der Waals surface area contributed by atoms with Crippen molar-refractivity contribution in [1.82, 2.24) is 10.2 Å². The van der Waals surface area contributed by atoms with Crippen LogP contribution < -0.4 is 5.32 Å². The second kappa shape index (κ2) is 7.21. The van der Waals surface area contributed by atoms with Crippen molar-refractivity contribution in [2.75, 3.05) is 26.2 Å². The van der Waals surface area contributed by atoms with Gasteiger partial charge in [0.2, 0.25) is 0 Å². The minimum atomic E-state index is 0.337. The van der Waals surface area contributed by atoms with Crippen LogP contribution in [0, 0.1) is 0 Å². The van der Waals surface area contributed by atoms with Crippen molar-refractivity contribution in [2.45, 2.75) is 12.5 Å². The molecule has 2 aromatic rings. The molecule has 2 nitrogen and oxygen atoms in total. The molecule has 0 aromatic heterocycles. The zero-order valence-electron chi connectivity index (χ0n) is 12.1. The van der Waals surface area contributed by atoms with Gasteiger partial charge in [-0.1, -0.05) is 58.4 Å². The lowest BCUT2D eigenvalue weighted by Crippen LogP contribution is -2.33. The van der Waals surface area contributed by atoms with E-state index in [1.807, 2.05) is 0 Å². The Labute approximate surface area is 135 Å². The molecule has 1 aliphatic heterocycles. The Hall–Kier alpha value is -1.16. The van der Waals surface area contributed by atoms with Gasteiger partial charge in [0, 0.05) is 24.1 Å². The molecule has 1 aliphatic rings. The van der Waals surface area contributed by atoms with E-state index in [0.29, 0.717) is 6.04 Å². The van der Waals surface area contributed by atoms with E-state index in [0.717, 1.165) is 30.7 Å². The summed E-state index contributed by atoms with van der Waals surface area (Å²) in [6.07, 6.45) is 1.21. The van der Waals surface area contributed by atoms with Gasteiger partial charge in [0.25, 0.3) is 0 Å². The molecular weight excluding hydrogens is 324 g/mol. The summed E-state index contributed by atoms with van der Waals surface area (Å²) in [6, 6.07) is 19.9. The molecule has 1 N–H and O–H groups in total. The largest absolute Gasteiger partial charge is 0.315 e. The molecule has 1 heterocycles. The van der Waals surface area contributed by atoms with E-state index in [1.165, 1.54) is 17.5 Å². The lowest BCUT2D eigenvalue weighted by molar-refractivity contribution is 0.241. The number of benzene rings is 2. The molecule has 3 heteroatoms. The summed E-state index contributed by atoms with van der Waals surface area (Å²) in [5, 5.41) is 3.50. The fraction of sp³-hybridized carbons (Fsp3) is 0.333. The first-order valence-corrected chi connectivity index (χ1v) is 8.39. The van der Waals surface area contributed by atoms with Crippen LogP contribution in [-0.4, -0.2) is 31.1 Å². The van der Waals surface area contributed by atoms with Crippen molar-refractivity contribution in [3.8, 4) is 0 Å². The lowest BCUT2D eigenvalue weighted by atomic mass is 9.97. The topological polar surface area (TPSA) is 15.3 Å². The molecule has 0 aliphatic carbocycles. The minimum absolute atomic E-state index is 0.337. The van der Waals surface area contributed by atoms with E-state index in [2.05, 4.69) is 80.7 Å². The number of rotatable bonds is 3. The first-order chi connectivity index (χ1) is 10.3. The highest BCUT2D eigenvalue weighted by atomic mass is 79.9. The van der Waals surface area contributed by atoms with Crippen LogP contribution >= 0.6 is 15.9 Å². The van der Waals surface area contributed by atoms with Crippen LogP contribution in [0.1, 0.15) is 23.6 Å². The van der Waals surface area contributed by atoms with Gasteiger partial charge in [-0.2, -0.15) is 0 Å². The molecule has 1 unspecified atom stereocenters. The molecule has 3 rings (SSSR count). The fourth-order valence-electron chi connectivity index (χ4n) is 3.05. The summed E-state index contributed by atoms with van der Waals surface area (Å²) in [5.74, 6) is 0. The smallest absolute Gasteiger partial charge is 0.0602 e. The van der Waals surface area contributed by atoms with Gasteiger partial charge >= 0.3 is 0 Å². The Morgan fingerprint density at radius 1 is 0.905 bits per heavy atom. The summed E-state index contributed by atoms with van der Waals surface area (Å²) >= 11 is 3.61. The van der Waals surface area contributed by atoms with Crippen LogP contribution in [0.15, 0.2) is 59.1 Å². The van der Waals surface area contributed by atoms with Gasteiger partial charge in [-0.3, -0.25) is 4.90 Å². The molecule has 0 amide bonds. The Balaban J connectivity index is 1.98. The highest BCUT2D eigenvalue weighted by Gasteiger charge is 2.23. The Kier molecular flexibility index (Phi) is 5.07. The van der Waals surface area contributed by atoms with E-state index in [-0.39, 0.29) is 0 Å². The van der Waals surface area contributed by atoms with Crippen molar-refractivity contribution in [1.29, 1.82) is 0 Å². The number of nitrogens with zero attached hydrogens (tertiary/aromatic N) is 1. The van der Waals surface area contributed by atoms with E-state index in [9.17, 15) is 0 Å². The van der Waals surface area contributed by atoms with Crippen LogP contribution in [0.25, 0.3) is 0 Å². The van der Waals surface area contributed by atoms with Gasteiger partial charge in [-0.15, -0.1) is 0 Å². The molecule has 0 spiro atoms. The van der Waals surface area contributed by atoms with E-state index >= 15 is 0 Å². The predicted octanol–water partition coefficient (Wildman–Crippen LogP) is 3.83. The van der Waals surface area contributed by atoms with Gasteiger partial charge in [0.15, 0.2) is 0 Å². The van der Waals surface area contributed by atoms with Gasteiger partial charge in [-0.05, 0) is 36.2 Å². The summed E-state index contributed by atoms with van der Waals surface area (Å²) < 4.78 is 1.15. The first kappa shape index (κ1) is 14.8. The van der Waals surface area contributed by atoms with Gasteiger partial charge in [0.05, 0.1) is 6.04 Å². The van der Waals surface area contributed by atoms with Crippen LogP contribution in [-0.2, 0) is 0 Å². The molecule has 110 valence electrons. The van der Waals surface area contributed by atoms with Crippen molar-refractivity contribution in [3.63, 3.8) is 0 Å². The Morgan fingerprint density at radius 2 is 1.71 bits per heavy atom. The second-order valence-electron chi connectivity index (χ2n) is 5.51. The molecule has 1 fully saturated rings. The summed E-state index contributed by atoms with van der Waals surface area (Å²) in [5.41, 5.74) is 2.73. The monoisotopic (exact) mass is 344 g/mol. The van der Waals surface area contributed by atoms with E-state index < -0.39 is 0 Å². The molecular formula is C18H21BrN2. The van der Waals surface area contributed by atoms with Crippen LogP contribution in [0.4, 0.5) is 0 Å². The maximum absolute atomic E-state index is 3.61. The van der Waals surface area contributed by atoms with Crippen LogP contribution in [0.3, 0.4) is 0 Å². The quantitative estimate of drug-likeness (QED) is 0.910. The average molecular weight is 345 g/mol. The zero-order valence-corrected chi connectivity index (χ0v) is 13.7. The normalized spacial score (nSPS) is 18.1. The third-order valence-electron chi connectivity index (χ3n) is 4.02. The predicted molar refractivity (Wildman–Crippen MR) is 91.5 cm³/mol. The number of hydrogen-bond donors (Lipinski definition) is 1. The van der Waals surface area contributed by atoms with Gasteiger partial charge in [-0.25, -0.2) is 0 Å². The van der Waals surface area contributed by atoms with Crippen molar-refractivity contribution in [3.05, 3.63) is 70.2 Å². The van der Waals surface area contributed by atoms with E-state index in [4.69, 9.17) is 0 Å². The SMILES string of the molecule is Brc1cccc(C(c2ccccc2)N2CCCNCC2)c1. The summed E-state index contributed by atoms with van der Waals surface area (Å²) in [6.45, 7) is 4.42. The molecule has 1 saturated heterocycles. The molecule has 1 atom stereocenters. The van der Waals surface area contributed by atoms with Crippen LogP contribution in [0.2, 0.25) is 0 Å². The summed E-state index contributed by atoms with van der Waals surface area (Å²) in [7, 11) is 0. The molecule has 21 heavy (non-hydrogen) atoms. The third kappa shape index (κ3) is 3.73. The minimum Gasteiger partial charge on any atom is -0.315 e. The summed E-state index contributed by atoms with van der Waals surface area (Å²) in [4.78, 5) is 2.59. The Bertz CT molecular complexity index is 562. The van der Waals surface area contributed by atoms with Crippen molar-refractivity contribution < 1.29 is 0 Å². The molecule has 0 radical (unpaired) electrons. The van der Waals surface area contributed by atoms with E-state index in [1.54, 1.807) is 0 Å². The number of hydrogen-bond acceptors (Lipinski definition) is 2.